The van der Waals surface area contributed by atoms with Gasteiger partial charge in [-0.1, -0.05) is 6.58 Å². The summed E-state index contributed by atoms with van der Waals surface area (Å²) in [5.74, 6) is 0.578. The average Bonchev–Trinajstić information content (AvgIpc) is 3.27. The quantitative estimate of drug-likeness (QED) is 0.280. The number of halogens is 1. The van der Waals surface area contributed by atoms with Crippen molar-refractivity contribution in [3.63, 3.8) is 0 Å². The van der Waals surface area contributed by atoms with Crippen LogP contribution >= 0.6 is 28.4 Å². The molecule has 0 aromatic carbocycles. The number of amides is 1. The van der Waals surface area contributed by atoms with Crippen molar-refractivity contribution in [2.45, 2.75) is 46.3 Å². The Morgan fingerprint density at radius 1 is 1.42 bits per heavy atom. The number of likely N-dealkylation sites (N-methyl/N-ethyl adjacent to an activating group) is 1. The second kappa shape index (κ2) is 9.97. The number of fused-ring (bicyclic) bond motifs is 1. The standard InChI is InChI=1S/C22H30IN6O3P/c1-9-17-15-10-18(25-14(3)19(15)29(26-17)33-23)16-11-24-28(8)20(16)31-13(2)12-27(7)21(30)32-22(4,5)6/h9-11,13,33H,1,12H2,2-8H3. The zero-order valence-corrected chi connectivity index (χ0v) is 23.2. The van der Waals surface area contributed by atoms with Gasteiger partial charge in [0, 0.05) is 19.5 Å². The van der Waals surface area contributed by atoms with Crippen molar-refractivity contribution in [1.29, 1.82) is 0 Å². The third-order valence-electron chi connectivity index (χ3n) is 4.85. The van der Waals surface area contributed by atoms with Crippen LogP contribution in [0.1, 0.15) is 39.1 Å². The Balaban J connectivity index is 1.89. The molecule has 2 unspecified atom stereocenters. The number of rotatable bonds is 7. The Kier molecular flexibility index (Phi) is 7.68. The second-order valence-corrected chi connectivity index (χ2v) is 10.9. The molecule has 0 spiro atoms. The number of carbonyl (C=O) groups excluding carboxylic acids is 1. The van der Waals surface area contributed by atoms with Gasteiger partial charge in [0.25, 0.3) is 0 Å². The predicted octanol–water partition coefficient (Wildman–Crippen LogP) is 5.21. The molecule has 3 aromatic rings. The van der Waals surface area contributed by atoms with Crippen LogP contribution in [0.2, 0.25) is 0 Å². The summed E-state index contributed by atoms with van der Waals surface area (Å²) in [6.45, 7) is 13.7. The van der Waals surface area contributed by atoms with E-state index in [1.165, 1.54) is 4.90 Å². The molecular formula is C22H30IN6O3P. The predicted molar refractivity (Wildman–Crippen MR) is 141 cm³/mol. The van der Waals surface area contributed by atoms with Crippen LogP contribution in [0.4, 0.5) is 4.79 Å². The molecule has 3 heterocycles. The van der Waals surface area contributed by atoms with E-state index in [0.29, 0.717) is 18.8 Å². The van der Waals surface area contributed by atoms with Crippen LogP contribution in [0.5, 0.6) is 5.88 Å². The maximum absolute atomic E-state index is 12.3. The Morgan fingerprint density at radius 3 is 2.73 bits per heavy atom. The zero-order valence-electron chi connectivity index (χ0n) is 20.0. The van der Waals surface area contributed by atoms with Crippen LogP contribution in [-0.2, 0) is 11.8 Å². The van der Waals surface area contributed by atoms with Crippen LogP contribution < -0.4 is 4.74 Å². The first-order valence-corrected chi connectivity index (χ1v) is 14.5. The van der Waals surface area contributed by atoms with Gasteiger partial charge < -0.3 is 14.4 Å². The maximum Gasteiger partial charge on any atom is 0.410 e. The number of carbonyl (C=O) groups is 1. The summed E-state index contributed by atoms with van der Waals surface area (Å²) in [5, 5.41) is 10.0. The molecule has 1 amide bonds. The van der Waals surface area contributed by atoms with Gasteiger partial charge >= 0.3 is 6.09 Å². The molecule has 11 heteroatoms. The molecule has 33 heavy (non-hydrogen) atoms. The summed E-state index contributed by atoms with van der Waals surface area (Å²) in [6, 6.07) is 2.00. The van der Waals surface area contributed by atoms with Gasteiger partial charge in [-0.25, -0.2) is 13.9 Å². The summed E-state index contributed by atoms with van der Waals surface area (Å²) < 4.78 is 15.3. The highest BCUT2D eigenvalue weighted by Gasteiger charge is 2.23. The molecule has 0 bridgehead atoms. The van der Waals surface area contributed by atoms with Gasteiger partial charge in [-0.05, 0) is 68.8 Å². The van der Waals surface area contributed by atoms with Crippen LogP contribution in [0.25, 0.3) is 28.2 Å². The van der Waals surface area contributed by atoms with E-state index in [-0.39, 0.29) is 6.10 Å². The molecule has 0 N–H and O–H groups in total. The lowest BCUT2D eigenvalue weighted by molar-refractivity contribution is 0.0233. The summed E-state index contributed by atoms with van der Waals surface area (Å²) in [4.78, 5) is 18.6. The molecule has 0 aliphatic carbocycles. The van der Waals surface area contributed by atoms with Gasteiger partial charge in [-0.15, -0.1) is 0 Å². The number of hydrogen-bond donors (Lipinski definition) is 0. The molecule has 178 valence electrons. The minimum absolute atomic E-state index is 0.298. The number of pyridine rings is 1. The van der Waals surface area contributed by atoms with Crippen molar-refractivity contribution in [2.24, 2.45) is 7.05 Å². The summed E-state index contributed by atoms with van der Waals surface area (Å²) in [7, 11) is 3.51. The van der Waals surface area contributed by atoms with Crippen LogP contribution in [0, 0.1) is 6.92 Å². The highest BCUT2D eigenvalue weighted by atomic mass is 127. The SMILES string of the molecule is C=Cc1nn(PI)c2c(C)nc(-c3cnn(C)c3OC(C)CN(C)C(=O)OC(C)(C)C)cc12. The fourth-order valence-corrected chi connectivity index (χ4v) is 5.02. The Bertz CT molecular complexity index is 1180. The molecule has 0 saturated heterocycles. The van der Waals surface area contributed by atoms with E-state index >= 15 is 0 Å². The molecule has 0 saturated carbocycles. The van der Waals surface area contributed by atoms with Crippen molar-refractivity contribution in [3.8, 4) is 17.1 Å². The smallest absolute Gasteiger partial charge is 0.410 e. The first-order chi connectivity index (χ1) is 15.4. The number of nitrogens with zero attached hydrogens (tertiary/aromatic N) is 6. The van der Waals surface area contributed by atoms with Gasteiger partial charge in [0.1, 0.15) is 11.7 Å². The van der Waals surface area contributed by atoms with Crippen molar-refractivity contribution in [3.05, 3.63) is 30.2 Å². The van der Waals surface area contributed by atoms with Gasteiger partial charge in [0.15, 0.2) is 0 Å². The number of ether oxygens (including phenoxy) is 2. The van der Waals surface area contributed by atoms with Crippen molar-refractivity contribution in [1.82, 2.24) is 29.2 Å². The van der Waals surface area contributed by atoms with Gasteiger partial charge in [-0.2, -0.15) is 10.2 Å². The third-order valence-corrected chi connectivity index (χ3v) is 6.70. The highest BCUT2D eigenvalue weighted by molar-refractivity contribution is 14.2. The lowest BCUT2D eigenvalue weighted by Crippen LogP contribution is -2.39. The van der Waals surface area contributed by atoms with Gasteiger partial charge in [-0.3, -0.25) is 4.98 Å². The molecule has 3 aromatic heterocycles. The van der Waals surface area contributed by atoms with E-state index in [9.17, 15) is 4.79 Å². The van der Waals surface area contributed by atoms with E-state index in [1.807, 2.05) is 52.2 Å². The minimum Gasteiger partial charge on any atom is -0.472 e. The van der Waals surface area contributed by atoms with Gasteiger partial charge in [0.05, 0.1) is 47.3 Å². The van der Waals surface area contributed by atoms with Crippen LogP contribution in [0.3, 0.4) is 0 Å². The van der Waals surface area contributed by atoms with E-state index in [0.717, 1.165) is 33.5 Å². The van der Waals surface area contributed by atoms with E-state index < -0.39 is 11.7 Å². The van der Waals surface area contributed by atoms with Crippen LogP contribution in [0.15, 0.2) is 18.8 Å². The van der Waals surface area contributed by atoms with Crippen molar-refractivity contribution < 1.29 is 14.3 Å². The molecule has 0 fully saturated rings. The monoisotopic (exact) mass is 584 g/mol. The Hall–Kier alpha value is -2.20. The number of hydrogen-bond acceptors (Lipinski definition) is 6. The summed E-state index contributed by atoms with van der Waals surface area (Å²) in [5.41, 5.74) is 3.66. The maximum atomic E-state index is 12.3. The highest BCUT2D eigenvalue weighted by Crippen LogP contribution is 2.36. The summed E-state index contributed by atoms with van der Waals surface area (Å²) in [6.07, 6.45) is 3.27. The van der Waals surface area contributed by atoms with Gasteiger partial charge in [0.2, 0.25) is 5.88 Å². The third kappa shape index (κ3) is 5.66. The zero-order chi connectivity index (χ0) is 24.5. The first kappa shape index (κ1) is 25.4. The number of aromatic nitrogens is 5. The lowest BCUT2D eigenvalue weighted by Gasteiger charge is -2.26. The second-order valence-electron chi connectivity index (χ2n) is 8.85. The first-order valence-electron chi connectivity index (χ1n) is 10.5. The van der Waals surface area contributed by atoms with E-state index in [1.54, 1.807) is 24.0 Å². The van der Waals surface area contributed by atoms with Crippen LogP contribution in [-0.4, -0.2) is 60.6 Å². The Labute approximate surface area is 208 Å². The summed E-state index contributed by atoms with van der Waals surface area (Å²) >= 11 is 2.31. The fourth-order valence-electron chi connectivity index (χ4n) is 3.46. The minimum atomic E-state index is -0.553. The van der Waals surface area contributed by atoms with E-state index in [4.69, 9.17) is 14.5 Å². The average molecular weight is 584 g/mol. The van der Waals surface area contributed by atoms with Crippen molar-refractivity contribution in [2.75, 3.05) is 13.6 Å². The van der Waals surface area contributed by atoms with E-state index in [2.05, 4.69) is 38.8 Å². The largest absolute Gasteiger partial charge is 0.472 e. The normalized spacial score (nSPS) is 13.0. The molecule has 0 aliphatic heterocycles. The number of aryl methyl sites for hydroxylation is 2. The molecule has 0 radical (unpaired) electrons. The molecular weight excluding hydrogens is 554 g/mol. The molecule has 0 aliphatic rings. The molecule has 2 atom stereocenters. The van der Waals surface area contributed by atoms with Crippen molar-refractivity contribution >= 4 is 51.5 Å². The Morgan fingerprint density at radius 2 is 2.12 bits per heavy atom. The topological polar surface area (TPSA) is 87.3 Å². The molecule has 3 rings (SSSR count). The molecule has 9 nitrogen and oxygen atoms in total. The lowest BCUT2D eigenvalue weighted by atomic mass is 10.1. The fraction of sp³-hybridized carbons (Fsp3) is 0.455.